The van der Waals surface area contributed by atoms with Crippen molar-refractivity contribution in [1.29, 1.82) is 0 Å². The average molecular weight is 522 g/mol. The highest BCUT2D eigenvalue weighted by Crippen LogP contribution is 2.53. The zero-order valence-corrected chi connectivity index (χ0v) is 21.9. The second-order valence-electron chi connectivity index (χ2n) is 11.0. The molecule has 0 spiro atoms. The Labute approximate surface area is 227 Å². The number of fused-ring (bicyclic) bond motifs is 1. The number of nitrogens with two attached hydrogens (primary N) is 1. The fourth-order valence-electron chi connectivity index (χ4n) is 5.95. The SMILES string of the molecule is C=C(N=C(c1c(N)cncc1C1CC1)N1CCNCC1)c1ccnc2[nH]c(C3(c4ccc(F)cc4)CC3)cc12. The molecule has 1 aromatic carbocycles. The van der Waals surface area contributed by atoms with Crippen molar-refractivity contribution in [3.63, 3.8) is 0 Å². The van der Waals surface area contributed by atoms with Crippen molar-refractivity contribution < 1.29 is 4.39 Å². The van der Waals surface area contributed by atoms with Crippen LogP contribution in [-0.2, 0) is 5.41 Å². The number of nitrogens with one attached hydrogen (secondary N) is 2. The standard InChI is InChI=1S/C31H32FN7/c1-19(37-30(39-14-12-34-13-15-39)28-25(20-2-3-20)17-35-18-26(28)33)23-8-11-36-29-24(23)16-27(38-29)31(9-10-31)21-4-6-22(32)7-5-21/h4-8,11,16-18,20,34H,1-3,9-10,12-15,33H2,(H,36,38). The first-order chi connectivity index (χ1) is 19.0. The largest absolute Gasteiger partial charge is 0.397 e. The molecule has 7 nitrogen and oxygen atoms in total. The third kappa shape index (κ3) is 4.29. The second kappa shape index (κ2) is 9.31. The van der Waals surface area contributed by atoms with E-state index >= 15 is 0 Å². The zero-order chi connectivity index (χ0) is 26.6. The Morgan fingerprint density at radius 2 is 1.87 bits per heavy atom. The maximum Gasteiger partial charge on any atom is 0.139 e. The molecule has 8 heteroatoms. The van der Waals surface area contributed by atoms with Gasteiger partial charge in [0.1, 0.15) is 17.3 Å². The molecule has 1 aliphatic heterocycles. The Morgan fingerprint density at radius 1 is 1.10 bits per heavy atom. The average Bonchev–Trinajstić information content (AvgIpc) is 3.90. The molecule has 0 radical (unpaired) electrons. The van der Waals surface area contributed by atoms with E-state index in [1.165, 1.54) is 17.7 Å². The molecule has 4 aromatic rings. The molecule has 1 saturated heterocycles. The fraction of sp³-hybridized carbons (Fsp3) is 0.323. The number of halogens is 1. The molecular weight excluding hydrogens is 489 g/mol. The van der Waals surface area contributed by atoms with Gasteiger partial charge in [0.25, 0.3) is 0 Å². The van der Waals surface area contributed by atoms with Crippen molar-refractivity contribution in [2.24, 2.45) is 4.99 Å². The fourth-order valence-corrected chi connectivity index (χ4v) is 5.95. The van der Waals surface area contributed by atoms with Crippen LogP contribution in [0.1, 0.15) is 59.5 Å². The third-order valence-corrected chi connectivity index (χ3v) is 8.41. The van der Waals surface area contributed by atoms with E-state index in [0.29, 0.717) is 17.3 Å². The van der Waals surface area contributed by atoms with Crippen molar-refractivity contribution >= 4 is 28.3 Å². The number of aliphatic imine (C=N–C) groups is 1. The number of anilines is 1. The van der Waals surface area contributed by atoms with E-state index in [9.17, 15) is 4.39 Å². The molecule has 2 aliphatic carbocycles. The van der Waals surface area contributed by atoms with Gasteiger partial charge in [0.2, 0.25) is 0 Å². The van der Waals surface area contributed by atoms with Crippen molar-refractivity contribution in [2.45, 2.75) is 37.0 Å². The van der Waals surface area contributed by atoms with Gasteiger partial charge < -0.3 is 20.9 Å². The summed E-state index contributed by atoms with van der Waals surface area (Å²) in [6.07, 6.45) is 9.82. The highest BCUT2D eigenvalue weighted by atomic mass is 19.1. The molecule has 2 saturated carbocycles. The molecule has 3 fully saturated rings. The summed E-state index contributed by atoms with van der Waals surface area (Å²) in [5, 5.41) is 4.42. The van der Waals surface area contributed by atoms with Gasteiger partial charge in [-0.05, 0) is 67.0 Å². The van der Waals surface area contributed by atoms with Crippen LogP contribution in [0.15, 0.2) is 66.6 Å². The summed E-state index contributed by atoms with van der Waals surface area (Å²) in [4.78, 5) is 20.1. The summed E-state index contributed by atoms with van der Waals surface area (Å²) in [6, 6.07) is 11.0. The number of amidine groups is 1. The van der Waals surface area contributed by atoms with Crippen LogP contribution in [0, 0.1) is 5.82 Å². The van der Waals surface area contributed by atoms with E-state index < -0.39 is 0 Å². The normalized spacial score (nSPS) is 18.9. The molecule has 0 atom stereocenters. The van der Waals surface area contributed by atoms with Gasteiger partial charge in [-0.1, -0.05) is 18.7 Å². The summed E-state index contributed by atoms with van der Waals surface area (Å²) in [5.74, 6) is 1.14. The lowest BCUT2D eigenvalue weighted by Gasteiger charge is -2.32. The maximum absolute atomic E-state index is 13.6. The van der Waals surface area contributed by atoms with E-state index in [4.69, 9.17) is 10.7 Å². The number of nitrogens with zero attached hydrogens (tertiary/aromatic N) is 4. The minimum absolute atomic E-state index is 0.132. The maximum atomic E-state index is 13.6. The van der Waals surface area contributed by atoms with Crippen LogP contribution in [0.25, 0.3) is 16.7 Å². The number of piperazine rings is 1. The Hall–Kier alpha value is -4.04. The first-order valence-electron chi connectivity index (χ1n) is 13.8. The predicted molar refractivity (Wildman–Crippen MR) is 153 cm³/mol. The van der Waals surface area contributed by atoms with Crippen LogP contribution in [-0.4, -0.2) is 51.9 Å². The number of hydrogen-bond acceptors (Lipinski definition) is 5. The Kier molecular flexibility index (Phi) is 5.74. The van der Waals surface area contributed by atoms with Crippen LogP contribution >= 0.6 is 0 Å². The van der Waals surface area contributed by atoms with Gasteiger partial charge in [-0.25, -0.2) is 14.4 Å². The van der Waals surface area contributed by atoms with Gasteiger partial charge in [0, 0.05) is 66.2 Å². The van der Waals surface area contributed by atoms with E-state index in [1.807, 2.05) is 24.4 Å². The quantitative estimate of drug-likeness (QED) is 0.246. The van der Waals surface area contributed by atoms with E-state index in [0.717, 1.165) is 91.1 Å². The second-order valence-corrected chi connectivity index (χ2v) is 11.0. The van der Waals surface area contributed by atoms with Gasteiger partial charge in [0.05, 0.1) is 17.6 Å². The lowest BCUT2D eigenvalue weighted by atomic mass is 9.92. The Morgan fingerprint density at radius 3 is 2.59 bits per heavy atom. The summed E-state index contributed by atoms with van der Waals surface area (Å²) < 4.78 is 13.6. The zero-order valence-electron chi connectivity index (χ0n) is 21.9. The highest BCUT2D eigenvalue weighted by Gasteiger charge is 2.47. The molecule has 3 aromatic heterocycles. The molecule has 3 aliphatic rings. The van der Waals surface area contributed by atoms with Crippen molar-refractivity contribution in [2.75, 3.05) is 31.9 Å². The highest BCUT2D eigenvalue weighted by molar-refractivity contribution is 6.07. The van der Waals surface area contributed by atoms with Gasteiger partial charge in [-0.2, -0.15) is 0 Å². The van der Waals surface area contributed by atoms with Crippen molar-refractivity contribution in [1.82, 2.24) is 25.2 Å². The number of aromatic nitrogens is 3. The van der Waals surface area contributed by atoms with Crippen molar-refractivity contribution in [3.05, 3.63) is 95.3 Å². The topological polar surface area (TPSA) is 95.2 Å². The lowest BCUT2D eigenvalue weighted by molar-refractivity contribution is 0.358. The minimum Gasteiger partial charge on any atom is -0.397 e. The molecular formula is C31H32FN7. The summed E-state index contributed by atoms with van der Waals surface area (Å²) in [7, 11) is 0. The Balaban J connectivity index is 1.31. The van der Waals surface area contributed by atoms with Crippen LogP contribution in [0.3, 0.4) is 0 Å². The van der Waals surface area contributed by atoms with Crippen LogP contribution < -0.4 is 11.1 Å². The number of nitrogen functional groups attached to an aromatic ring is 1. The van der Waals surface area contributed by atoms with Crippen LogP contribution in [0.5, 0.6) is 0 Å². The van der Waals surface area contributed by atoms with Crippen molar-refractivity contribution in [3.8, 4) is 0 Å². The molecule has 4 heterocycles. The smallest absolute Gasteiger partial charge is 0.139 e. The van der Waals surface area contributed by atoms with Gasteiger partial charge in [-0.15, -0.1) is 0 Å². The lowest BCUT2D eigenvalue weighted by Crippen LogP contribution is -2.47. The summed E-state index contributed by atoms with van der Waals surface area (Å²) >= 11 is 0. The number of H-pyrrole nitrogens is 1. The molecule has 198 valence electrons. The molecule has 0 unspecified atom stereocenters. The number of hydrogen-bond donors (Lipinski definition) is 3. The molecule has 7 rings (SSSR count). The van der Waals surface area contributed by atoms with E-state index in [2.05, 4.69) is 37.8 Å². The van der Waals surface area contributed by atoms with Gasteiger partial charge >= 0.3 is 0 Å². The molecule has 4 N–H and O–H groups in total. The third-order valence-electron chi connectivity index (χ3n) is 8.41. The monoisotopic (exact) mass is 521 g/mol. The molecule has 39 heavy (non-hydrogen) atoms. The van der Waals surface area contributed by atoms with E-state index in [-0.39, 0.29) is 11.2 Å². The summed E-state index contributed by atoms with van der Waals surface area (Å²) in [5.41, 5.74) is 13.9. The summed E-state index contributed by atoms with van der Waals surface area (Å²) in [6.45, 7) is 7.91. The Bertz CT molecular complexity index is 1590. The predicted octanol–water partition coefficient (Wildman–Crippen LogP) is 4.96. The first-order valence-corrected chi connectivity index (χ1v) is 13.8. The number of aromatic amines is 1. The first kappa shape index (κ1) is 24.0. The van der Waals surface area contributed by atoms with Gasteiger partial charge in [-0.3, -0.25) is 4.98 Å². The minimum atomic E-state index is -0.218. The number of benzene rings is 1. The van der Waals surface area contributed by atoms with Crippen LogP contribution in [0.4, 0.5) is 10.1 Å². The van der Waals surface area contributed by atoms with Crippen LogP contribution in [0.2, 0.25) is 0 Å². The molecule has 0 amide bonds. The van der Waals surface area contributed by atoms with Gasteiger partial charge in [0.15, 0.2) is 0 Å². The van der Waals surface area contributed by atoms with E-state index in [1.54, 1.807) is 12.4 Å². The molecule has 0 bridgehead atoms. The number of pyridine rings is 2. The number of rotatable bonds is 6.